The molecule has 3 aliphatic rings. The van der Waals surface area contributed by atoms with Crippen LogP contribution in [-0.4, -0.2) is 125 Å². The number of aliphatic hydroxyl groups excluding tert-OH is 1. The first kappa shape index (κ1) is 46.1. The summed E-state index contributed by atoms with van der Waals surface area (Å²) < 4.78 is 37.8. The molecule has 12 atom stereocenters. The number of cyclic esters (lactones) is 1. The van der Waals surface area contributed by atoms with Crippen LogP contribution in [0.3, 0.4) is 0 Å². The lowest BCUT2D eigenvalue weighted by molar-refractivity contribution is -0.296. The maximum Gasteiger partial charge on any atom is 0.316 e. The summed E-state index contributed by atoms with van der Waals surface area (Å²) in [5, 5.41) is 31.5. The Bertz CT molecular complexity index is 1900. The summed E-state index contributed by atoms with van der Waals surface area (Å²) in [6.07, 6.45) is -5.24. The normalized spacial score (nSPS) is 36.2. The van der Waals surface area contributed by atoms with E-state index in [1.807, 2.05) is 32.8 Å². The lowest BCUT2D eigenvalue weighted by atomic mass is 9.76. The van der Waals surface area contributed by atoms with E-state index < -0.39 is 71.4 Å². The number of anilines is 1. The van der Waals surface area contributed by atoms with E-state index in [1.165, 1.54) is 20.8 Å². The quantitative estimate of drug-likeness (QED) is 0.169. The number of nitrogens with two attached hydrogens (primary N) is 1. The number of nitrogens with one attached hydrogen (secondary N) is 1. The van der Waals surface area contributed by atoms with Crippen LogP contribution in [0.4, 0.5) is 6.01 Å². The Hall–Kier alpha value is -3.97. The van der Waals surface area contributed by atoms with Gasteiger partial charge in [-0.2, -0.15) is 4.98 Å². The van der Waals surface area contributed by atoms with Gasteiger partial charge < -0.3 is 59.1 Å². The Balaban J connectivity index is 1.67. The van der Waals surface area contributed by atoms with Crippen LogP contribution in [0, 0.1) is 17.8 Å². The van der Waals surface area contributed by atoms with Crippen molar-refractivity contribution in [3.8, 4) is 0 Å². The number of likely N-dealkylation sites (N-methyl/N-ethyl adjacent to an activating group) is 1. The smallest absolute Gasteiger partial charge is 0.316 e. The van der Waals surface area contributed by atoms with E-state index in [9.17, 15) is 24.6 Å². The molecule has 17 nitrogen and oxygen atoms in total. The average Bonchev–Trinajstić information content (AvgIpc) is 3.54. The molecule has 5 rings (SSSR count). The fourth-order valence-electron chi connectivity index (χ4n) is 8.72. The molecule has 1 amide bonds. The zero-order valence-electron chi connectivity index (χ0n) is 36.1. The summed E-state index contributed by atoms with van der Waals surface area (Å²) in [5.41, 5.74) is 5.43. The Morgan fingerprint density at radius 2 is 1.86 bits per heavy atom. The Labute approximate surface area is 345 Å². The standard InChI is InChI=1S/C42H63N5O12/c1-12-32-42(9,52)37-23(4)33(44-26(7)48)21(2)17-41(8,54-20-28(19-53-37)46-55-18-27-13-14-31-29(16-27)45-40(43)57-31)36(24(5)34(49)25(6)38(51)58-32)59-39-35(50)30(47(10)11)15-22(3)56-39/h13-14,16,21-22,24-25,30,32,35-37,39,50,52H,12,15,17-20H2,1-11H3,(H2,43,45)(H,44,48)/t21-,22-,24+,25-,30+,32-,35-,36-,37-,39+,41-,42-/m1/s1. The summed E-state index contributed by atoms with van der Waals surface area (Å²) >= 11 is 0. The molecule has 0 aliphatic carbocycles. The second-order valence-corrected chi connectivity index (χ2v) is 17.1. The van der Waals surface area contributed by atoms with Crippen LogP contribution in [0.25, 0.3) is 11.1 Å². The largest absolute Gasteiger partial charge is 0.459 e. The minimum absolute atomic E-state index is 0.0262. The maximum atomic E-state index is 14.5. The number of oxime groups is 1. The summed E-state index contributed by atoms with van der Waals surface area (Å²) in [4.78, 5) is 53.2. The Morgan fingerprint density at radius 3 is 2.53 bits per heavy atom. The minimum atomic E-state index is -1.88. The molecule has 0 unspecified atom stereocenters. The van der Waals surface area contributed by atoms with Crippen LogP contribution in [0.5, 0.6) is 0 Å². The number of esters is 1. The predicted octanol–water partition coefficient (Wildman–Crippen LogP) is 3.63. The molecular weight excluding hydrogens is 766 g/mol. The van der Waals surface area contributed by atoms with Gasteiger partial charge in [-0.1, -0.05) is 32.0 Å². The van der Waals surface area contributed by atoms with Crippen molar-refractivity contribution in [3.05, 3.63) is 35.0 Å². The van der Waals surface area contributed by atoms with E-state index in [-0.39, 0.29) is 62.4 Å². The molecule has 4 heterocycles. The molecule has 2 aromatic rings. The summed E-state index contributed by atoms with van der Waals surface area (Å²) in [6.45, 7) is 14.6. The predicted molar refractivity (Wildman–Crippen MR) is 216 cm³/mol. The SMILES string of the molecule is CC[C@H]1OC(=O)[C@H](C)C(=O)[C@H](C)[C@@H](O[C@@H]2O[C@H](C)C[C@H](N(C)C)[C@H]2O)[C@@]2(C)C[C@@H](C)C(NC(C)=O)=C(C)[C@@H](OCC(=NOCc3ccc4oc(N)nc4c3)CO2)[C@]1(C)O. The van der Waals surface area contributed by atoms with Crippen molar-refractivity contribution >= 4 is 40.5 Å². The van der Waals surface area contributed by atoms with Crippen molar-refractivity contribution in [3.63, 3.8) is 0 Å². The van der Waals surface area contributed by atoms with Gasteiger partial charge in [0.1, 0.15) is 47.7 Å². The second kappa shape index (κ2) is 18.7. The van der Waals surface area contributed by atoms with Gasteiger partial charge in [-0.25, -0.2) is 0 Å². The van der Waals surface area contributed by atoms with Crippen molar-refractivity contribution in [2.24, 2.45) is 22.9 Å². The first-order chi connectivity index (χ1) is 27.7. The molecule has 1 fully saturated rings. The number of amides is 1. The van der Waals surface area contributed by atoms with Gasteiger partial charge in [0.25, 0.3) is 6.01 Å². The summed E-state index contributed by atoms with van der Waals surface area (Å²) in [5.74, 6) is -4.53. The molecule has 3 aliphatic heterocycles. The number of oxazole rings is 1. The van der Waals surface area contributed by atoms with Crippen LogP contribution < -0.4 is 11.1 Å². The number of rotatable bonds is 8. The van der Waals surface area contributed by atoms with E-state index in [0.29, 0.717) is 28.8 Å². The third kappa shape index (κ3) is 10.3. The topological polar surface area (TPSA) is 227 Å². The van der Waals surface area contributed by atoms with Crippen LogP contribution in [0.15, 0.2) is 39.0 Å². The zero-order valence-corrected chi connectivity index (χ0v) is 36.1. The molecule has 5 N–H and O–H groups in total. The number of ketones is 1. The number of nitrogen functional groups attached to an aromatic ring is 1. The number of Topliss-reactive ketones (excluding diaryl/α,β-unsaturated/α-hetero) is 1. The molecular formula is C42H63N5O12. The molecule has 1 aromatic heterocycles. The lowest BCUT2D eigenvalue weighted by Crippen LogP contribution is -2.59. The van der Waals surface area contributed by atoms with E-state index in [0.717, 1.165) is 5.56 Å². The number of hydrogen-bond donors (Lipinski definition) is 4. The number of nitrogens with zero attached hydrogens (tertiary/aromatic N) is 3. The second-order valence-electron chi connectivity index (χ2n) is 17.1. The molecule has 0 radical (unpaired) electrons. The number of carbonyl (C=O) groups is 3. The fourth-order valence-corrected chi connectivity index (χ4v) is 8.72. The highest BCUT2D eigenvalue weighted by Gasteiger charge is 2.52. The number of benzene rings is 1. The number of aromatic nitrogens is 1. The molecule has 328 valence electrons. The highest BCUT2D eigenvalue weighted by atomic mass is 16.7. The molecule has 0 spiro atoms. The van der Waals surface area contributed by atoms with E-state index in [2.05, 4.69) is 15.5 Å². The van der Waals surface area contributed by atoms with Crippen LogP contribution in [0.1, 0.15) is 87.1 Å². The summed E-state index contributed by atoms with van der Waals surface area (Å²) in [6, 6.07) is 5.00. The van der Waals surface area contributed by atoms with Gasteiger partial charge in [-0.15, -0.1) is 0 Å². The minimum Gasteiger partial charge on any atom is -0.459 e. The lowest BCUT2D eigenvalue weighted by Gasteiger charge is -2.47. The van der Waals surface area contributed by atoms with E-state index in [1.54, 1.807) is 45.9 Å². The number of allylic oxidation sites excluding steroid dienone is 1. The first-order valence-corrected chi connectivity index (χ1v) is 20.3. The number of fused-ring (bicyclic) bond motifs is 5. The van der Waals surface area contributed by atoms with Crippen LogP contribution in [-0.2, 0) is 49.5 Å². The number of carbonyl (C=O) groups excluding carboxylic acids is 3. The molecule has 2 bridgehead atoms. The molecule has 1 aromatic carbocycles. The van der Waals surface area contributed by atoms with Gasteiger partial charge in [0.05, 0.1) is 31.0 Å². The monoisotopic (exact) mass is 829 g/mol. The Morgan fingerprint density at radius 1 is 1.15 bits per heavy atom. The zero-order chi connectivity index (χ0) is 43.6. The van der Waals surface area contributed by atoms with Crippen molar-refractivity contribution in [1.82, 2.24) is 15.2 Å². The van der Waals surface area contributed by atoms with Crippen molar-refractivity contribution in [2.75, 3.05) is 33.0 Å². The third-order valence-electron chi connectivity index (χ3n) is 11.9. The third-order valence-corrected chi connectivity index (χ3v) is 11.9. The van der Waals surface area contributed by atoms with Crippen molar-refractivity contribution in [2.45, 2.75) is 142 Å². The maximum absolute atomic E-state index is 14.5. The van der Waals surface area contributed by atoms with Gasteiger partial charge >= 0.3 is 5.97 Å². The van der Waals surface area contributed by atoms with Gasteiger partial charge in [-0.05, 0) is 97.2 Å². The highest BCUT2D eigenvalue weighted by molar-refractivity contribution is 6.00. The van der Waals surface area contributed by atoms with Crippen molar-refractivity contribution in [1.29, 1.82) is 0 Å². The molecule has 17 heteroatoms. The highest BCUT2D eigenvalue weighted by Crippen LogP contribution is 2.40. The molecule has 59 heavy (non-hydrogen) atoms. The Kier molecular flexibility index (Phi) is 14.6. The van der Waals surface area contributed by atoms with Gasteiger partial charge in [-0.3, -0.25) is 14.4 Å². The first-order valence-electron chi connectivity index (χ1n) is 20.3. The average molecular weight is 830 g/mol. The van der Waals surface area contributed by atoms with E-state index >= 15 is 0 Å². The molecule has 0 saturated carbocycles. The molecule has 1 saturated heterocycles. The number of ether oxygens (including phenoxy) is 5. The fraction of sp³-hybridized carbons (Fsp3) is 0.690. The van der Waals surface area contributed by atoms with Gasteiger partial charge in [0.2, 0.25) is 5.91 Å². The van der Waals surface area contributed by atoms with Gasteiger partial charge in [0, 0.05) is 24.6 Å². The van der Waals surface area contributed by atoms with Crippen LogP contribution in [0.2, 0.25) is 0 Å². The van der Waals surface area contributed by atoms with Gasteiger partial charge in [0.15, 0.2) is 17.7 Å². The number of aliphatic hydroxyl groups is 2. The van der Waals surface area contributed by atoms with E-state index in [4.69, 9.17) is 38.7 Å². The van der Waals surface area contributed by atoms with Crippen molar-refractivity contribution < 1.29 is 57.5 Å². The number of hydrogen-bond acceptors (Lipinski definition) is 16. The summed E-state index contributed by atoms with van der Waals surface area (Å²) in [7, 11) is 3.72. The van der Waals surface area contributed by atoms with Crippen LogP contribution >= 0.6 is 0 Å².